The molecule has 0 unspecified atom stereocenters. The van der Waals surface area contributed by atoms with Gasteiger partial charge < -0.3 is 4.98 Å². The van der Waals surface area contributed by atoms with Gasteiger partial charge in [-0.3, -0.25) is 4.79 Å². The Hall–Kier alpha value is -3.47. The summed E-state index contributed by atoms with van der Waals surface area (Å²) in [7, 11) is -4.13. The number of hydrogen-bond acceptors (Lipinski definition) is 6. The van der Waals surface area contributed by atoms with Crippen LogP contribution in [-0.4, -0.2) is 26.5 Å². The molecule has 5 rings (SSSR count). The molecular formula is C26H23FN4O3S2. The van der Waals surface area contributed by atoms with Gasteiger partial charge in [-0.1, -0.05) is 31.2 Å². The normalized spacial score (nSPS) is 12.1. The number of aryl methyl sites for hydroxylation is 2. The number of nitrogens with zero attached hydrogens (tertiary/aromatic N) is 3. The summed E-state index contributed by atoms with van der Waals surface area (Å²) < 4.78 is 51.4. The van der Waals surface area contributed by atoms with Gasteiger partial charge in [-0.2, -0.15) is 13.1 Å². The van der Waals surface area contributed by atoms with Crippen LogP contribution in [0.3, 0.4) is 0 Å². The van der Waals surface area contributed by atoms with Gasteiger partial charge in [-0.15, -0.1) is 0 Å². The smallest absolute Gasteiger partial charge is 0.252 e. The van der Waals surface area contributed by atoms with Crippen molar-refractivity contribution in [3.8, 4) is 0 Å². The van der Waals surface area contributed by atoms with Gasteiger partial charge in [0, 0.05) is 24.2 Å². The van der Waals surface area contributed by atoms with Gasteiger partial charge in [0.2, 0.25) is 10.0 Å². The summed E-state index contributed by atoms with van der Waals surface area (Å²) in [4.78, 5) is 15.9. The first kappa shape index (κ1) is 24.2. The van der Waals surface area contributed by atoms with Crippen molar-refractivity contribution < 1.29 is 12.8 Å². The molecule has 0 radical (unpaired) electrons. The van der Waals surface area contributed by atoms with E-state index < -0.39 is 15.8 Å². The van der Waals surface area contributed by atoms with Crippen LogP contribution in [0.2, 0.25) is 0 Å². The Morgan fingerprint density at radius 1 is 0.972 bits per heavy atom. The lowest BCUT2D eigenvalue weighted by atomic mass is 10.1. The number of benzene rings is 3. The van der Waals surface area contributed by atoms with Gasteiger partial charge >= 0.3 is 0 Å². The second-order valence-electron chi connectivity index (χ2n) is 8.64. The maximum Gasteiger partial charge on any atom is 0.252 e. The molecule has 0 saturated heterocycles. The predicted molar refractivity (Wildman–Crippen MR) is 139 cm³/mol. The second kappa shape index (κ2) is 9.53. The number of aromatic amines is 1. The molecule has 7 nitrogen and oxygen atoms in total. The number of fused-ring (bicyclic) bond motifs is 2. The van der Waals surface area contributed by atoms with E-state index in [1.54, 1.807) is 25.1 Å². The summed E-state index contributed by atoms with van der Waals surface area (Å²) in [5.41, 5.74) is 3.63. The van der Waals surface area contributed by atoms with Crippen LogP contribution in [0.1, 0.15) is 29.2 Å². The van der Waals surface area contributed by atoms with Crippen molar-refractivity contribution in [2.24, 2.45) is 0 Å². The van der Waals surface area contributed by atoms with E-state index in [0.29, 0.717) is 33.2 Å². The van der Waals surface area contributed by atoms with Crippen LogP contribution >= 0.6 is 11.7 Å². The van der Waals surface area contributed by atoms with Gasteiger partial charge in [0.25, 0.3) is 5.56 Å². The number of H-pyrrole nitrogens is 1. The fourth-order valence-corrected chi connectivity index (χ4v) is 6.59. The Morgan fingerprint density at radius 2 is 1.72 bits per heavy atom. The third-order valence-electron chi connectivity index (χ3n) is 6.19. The quantitative estimate of drug-likeness (QED) is 0.327. The van der Waals surface area contributed by atoms with E-state index in [2.05, 4.69) is 13.7 Å². The van der Waals surface area contributed by atoms with Crippen molar-refractivity contribution >= 4 is 43.7 Å². The number of pyridine rings is 1. The largest absolute Gasteiger partial charge is 0.322 e. The van der Waals surface area contributed by atoms with E-state index in [4.69, 9.17) is 0 Å². The Morgan fingerprint density at radius 3 is 2.47 bits per heavy atom. The van der Waals surface area contributed by atoms with Crippen LogP contribution in [0, 0.1) is 12.7 Å². The van der Waals surface area contributed by atoms with E-state index in [1.807, 2.05) is 25.1 Å². The highest BCUT2D eigenvalue weighted by atomic mass is 32.2. The summed E-state index contributed by atoms with van der Waals surface area (Å²) in [5, 5.41) is 0.824. The van der Waals surface area contributed by atoms with Crippen LogP contribution < -0.4 is 5.56 Å². The molecule has 0 aliphatic carbocycles. The standard InChI is InChI=1S/C26H23FN4O3S2/c1-3-17-7-11-22-19(12-17)13-20(26(32)28-22)15-31(14-18-5-8-21(27)9-6-18)36(33,34)25-16(2)4-10-23-24(25)30-35-29-23/h4-13H,3,14-15H2,1-2H3,(H,28,32). The summed E-state index contributed by atoms with van der Waals surface area (Å²) in [6, 6.07) is 16.6. The molecule has 0 aliphatic rings. The molecule has 36 heavy (non-hydrogen) atoms. The number of halogens is 1. The maximum atomic E-state index is 14.1. The summed E-state index contributed by atoms with van der Waals surface area (Å²) in [6.07, 6.45) is 0.834. The highest BCUT2D eigenvalue weighted by Gasteiger charge is 2.30. The fourth-order valence-electron chi connectivity index (χ4n) is 4.23. The van der Waals surface area contributed by atoms with Crippen LogP contribution in [-0.2, 0) is 29.5 Å². The van der Waals surface area contributed by atoms with E-state index in [-0.39, 0.29) is 23.5 Å². The molecule has 3 aromatic carbocycles. The zero-order chi connectivity index (χ0) is 25.4. The van der Waals surface area contributed by atoms with Gasteiger partial charge in [-0.25, -0.2) is 12.8 Å². The average Bonchev–Trinajstić information content (AvgIpc) is 3.33. The van der Waals surface area contributed by atoms with Gasteiger partial charge in [0.05, 0.1) is 11.7 Å². The van der Waals surface area contributed by atoms with Crippen LogP contribution in [0.5, 0.6) is 0 Å². The molecule has 0 atom stereocenters. The Bertz CT molecular complexity index is 1750. The number of hydrogen-bond donors (Lipinski definition) is 1. The van der Waals surface area contributed by atoms with Crippen molar-refractivity contribution in [1.29, 1.82) is 0 Å². The van der Waals surface area contributed by atoms with Crippen molar-refractivity contribution in [3.05, 3.63) is 99.1 Å². The van der Waals surface area contributed by atoms with Crippen molar-refractivity contribution in [3.63, 3.8) is 0 Å². The number of sulfonamides is 1. The first-order chi connectivity index (χ1) is 17.3. The van der Waals surface area contributed by atoms with E-state index in [9.17, 15) is 17.6 Å². The molecule has 5 aromatic rings. The Labute approximate surface area is 211 Å². The Kier molecular flexibility index (Phi) is 6.42. The van der Waals surface area contributed by atoms with Gasteiger partial charge in [0.15, 0.2) is 0 Å². The number of rotatable bonds is 7. The maximum absolute atomic E-state index is 14.1. The number of nitrogens with one attached hydrogen (secondary N) is 1. The number of aromatic nitrogens is 3. The molecule has 2 heterocycles. The lowest BCUT2D eigenvalue weighted by Crippen LogP contribution is -2.33. The van der Waals surface area contributed by atoms with Crippen LogP contribution in [0.15, 0.2) is 70.4 Å². The molecule has 0 bridgehead atoms. The predicted octanol–water partition coefficient (Wildman–Crippen LogP) is 4.93. The molecule has 2 aromatic heterocycles. The molecule has 0 aliphatic heterocycles. The first-order valence-electron chi connectivity index (χ1n) is 11.4. The molecule has 1 N–H and O–H groups in total. The van der Waals surface area contributed by atoms with Crippen molar-refractivity contribution in [2.75, 3.05) is 0 Å². The lowest BCUT2D eigenvalue weighted by molar-refractivity contribution is 0.400. The van der Waals surface area contributed by atoms with Crippen LogP contribution in [0.25, 0.3) is 21.9 Å². The van der Waals surface area contributed by atoms with Gasteiger partial charge in [0.1, 0.15) is 21.7 Å². The zero-order valence-corrected chi connectivity index (χ0v) is 21.3. The van der Waals surface area contributed by atoms with Crippen molar-refractivity contribution in [1.82, 2.24) is 18.0 Å². The second-order valence-corrected chi connectivity index (χ2v) is 11.0. The highest BCUT2D eigenvalue weighted by Crippen LogP contribution is 2.30. The van der Waals surface area contributed by atoms with Gasteiger partial charge in [-0.05, 0) is 71.8 Å². The fraction of sp³-hybridized carbons (Fsp3) is 0.192. The molecule has 0 spiro atoms. The van der Waals surface area contributed by atoms with E-state index in [0.717, 1.165) is 29.1 Å². The summed E-state index contributed by atoms with van der Waals surface area (Å²) in [6.45, 7) is 3.52. The van der Waals surface area contributed by atoms with E-state index >= 15 is 0 Å². The third-order valence-corrected chi connectivity index (χ3v) is 8.70. The minimum atomic E-state index is -4.13. The topological polar surface area (TPSA) is 96.0 Å². The molecular weight excluding hydrogens is 499 g/mol. The zero-order valence-electron chi connectivity index (χ0n) is 19.7. The molecule has 10 heteroatoms. The summed E-state index contributed by atoms with van der Waals surface area (Å²) in [5.74, 6) is -0.417. The third kappa shape index (κ3) is 4.55. The van der Waals surface area contributed by atoms with Crippen molar-refractivity contribution in [2.45, 2.75) is 38.3 Å². The molecule has 0 amide bonds. The minimum Gasteiger partial charge on any atom is -0.322 e. The molecule has 0 fully saturated rings. The molecule has 184 valence electrons. The minimum absolute atomic E-state index is 0.0531. The monoisotopic (exact) mass is 522 g/mol. The Balaban J connectivity index is 1.64. The SMILES string of the molecule is CCc1ccc2[nH]c(=O)c(CN(Cc3ccc(F)cc3)S(=O)(=O)c3c(C)ccc4nsnc34)cc2c1. The highest BCUT2D eigenvalue weighted by molar-refractivity contribution is 7.89. The average molecular weight is 523 g/mol. The van der Waals surface area contributed by atoms with E-state index in [1.165, 1.54) is 28.6 Å². The molecule has 0 saturated carbocycles. The lowest BCUT2D eigenvalue weighted by Gasteiger charge is -2.23. The van der Waals surface area contributed by atoms with Crippen LogP contribution in [0.4, 0.5) is 4.39 Å². The summed E-state index contributed by atoms with van der Waals surface area (Å²) >= 11 is 0.941. The first-order valence-corrected chi connectivity index (χ1v) is 13.5.